The van der Waals surface area contributed by atoms with Gasteiger partial charge in [-0.1, -0.05) is 30.3 Å². The highest BCUT2D eigenvalue weighted by Gasteiger charge is 2.16. The van der Waals surface area contributed by atoms with Gasteiger partial charge in [-0.05, 0) is 38.9 Å². The average molecular weight is 428 g/mol. The van der Waals surface area contributed by atoms with Gasteiger partial charge in [-0.25, -0.2) is 4.98 Å². The topological polar surface area (TPSA) is 90.6 Å². The number of rotatable bonds is 10. The maximum absolute atomic E-state index is 12.5. The summed E-state index contributed by atoms with van der Waals surface area (Å²) in [7, 11) is 2.08. The lowest BCUT2D eigenvalue weighted by Crippen LogP contribution is -2.38. The predicted octanol–water partition coefficient (Wildman–Crippen LogP) is 1.49. The van der Waals surface area contributed by atoms with Gasteiger partial charge in [-0.3, -0.25) is 14.6 Å². The van der Waals surface area contributed by atoms with Gasteiger partial charge in [0, 0.05) is 43.9 Å². The molecule has 1 aliphatic rings. The summed E-state index contributed by atoms with van der Waals surface area (Å²) in [5, 5.41) is 2.95. The Morgan fingerprint density at radius 1 is 1.26 bits per heavy atom. The Morgan fingerprint density at radius 2 is 2.00 bits per heavy atom. The molecule has 1 fully saturated rings. The van der Waals surface area contributed by atoms with E-state index in [1.807, 2.05) is 30.0 Å². The number of aryl methyl sites for hydroxylation is 1. The van der Waals surface area contributed by atoms with Crippen LogP contribution in [0.3, 0.4) is 0 Å². The SMILES string of the molecule is Cc1nc(N2CCOCC2)[nH]c(=O)c1CCC(=O)NCCCN(C)Cc1ccccc1. The minimum absolute atomic E-state index is 0.0400. The molecule has 8 nitrogen and oxygen atoms in total. The van der Waals surface area contributed by atoms with Crippen LogP contribution in [0.5, 0.6) is 0 Å². The summed E-state index contributed by atoms with van der Waals surface area (Å²) in [6.07, 6.45) is 1.55. The first kappa shape index (κ1) is 23.0. The van der Waals surface area contributed by atoms with Crippen LogP contribution in [-0.2, 0) is 22.5 Å². The molecule has 0 spiro atoms. The zero-order valence-electron chi connectivity index (χ0n) is 18.5. The van der Waals surface area contributed by atoms with Gasteiger partial charge in [0.2, 0.25) is 11.9 Å². The molecule has 0 bridgehead atoms. The zero-order chi connectivity index (χ0) is 22.1. The van der Waals surface area contributed by atoms with E-state index in [-0.39, 0.29) is 17.9 Å². The number of carbonyl (C=O) groups excluding carboxylic acids is 1. The summed E-state index contributed by atoms with van der Waals surface area (Å²) in [5.74, 6) is 0.542. The highest BCUT2D eigenvalue weighted by molar-refractivity contribution is 5.76. The maximum Gasteiger partial charge on any atom is 0.255 e. The van der Waals surface area contributed by atoms with Gasteiger partial charge in [0.1, 0.15) is 0 Å². The molecule has 0 atom stereocenters. The Bertz CT molecular complexity index is 894. The number of benzene rings is 1. The first-order chi connectivity index (χ1) is 15.0. The molecule has 1 saturated heterocycles. The fourth-order valence-electron chi connectivity index (χ4n) is 3.69. The summed E-state index contributed by atoms with van der Waals surface area (Å²) in [6, 6.07) is 10.3. The first-order valence-electron chi connectivity index (χ1n) is 10.9. The lowest BCUT2D eigenvalue weighted by atomic mass is 10.1. The Kier molecular flexibility index (Phi) is 8.61. The van der Waals surface area contributed by atoms with Gasteiger partial charge in [-0.2, -0.15) is 0 Å². The molecule has 2 heterocycles. The largest absolute Gasteiger partial charge is 0.378 e. The van der Waals surface area contributed by atoms with Crippen LogP contribution in [0, 0.1) is 6.92 Å². The molecule has 1 aromatic carbocycles. The van der Waals surface area contributed by atoms with Gasteiger partial charge < -0.3 is 19.9 Å². The third-order valence-corrected chi connectivity index (χ3v) is 5.46. The molecule has 8 heteroatoms. The van der Waals surface area contributed by atoms with Crippen molar-refractivity contribution in [3.05, 3.63) is 57.5 Å². The van der Waals surface area contributed by atoms with Crippen molar-refractivity contribution in [2.45, 2.75) is 32.7 Å². The van der Waals surface area contributed by atoms with E-state index in [1.54, 1.807) is 0 Å². The summed E-state index contributed by atoms with van der Waals surface area (Å²) in [5.41, 5.74) is 2.38. The number of anilines is 1. The number of H-pyrrole nitrogens is 1. The zero-order valence-corrected chi connectivity index (χ0v) is 18.5. The molecule has 1 amide bonds. The third kappa shape index (κ3) is 7.18. The van der Waals surface area contributed by atoms with Crippen LogP contribution in [0.2, 0.25) is 0 Å². The highest BCUT2D eigenvalue weighted by atomic mass is 16.5. The van der Waals surface area contributed by atoms with Crippen molar-refractivity contribution in [1.29, 1.82) is 0 Å². The highest BCUT2D eigenvalue weighted by Crippen LogP contribution is 2.11. The molecule has 1 aliphatic heterocycles. The summed E-state index contributed by atoms with van der Waals surface area (Å²) in [4.78, 5) is 36.4. The second kappa shape index (κ2) is 11.6. The summed E-state index contributed by atoms with van der Waals surface area (Å²) < 4.78 is 5.34. The first-order valence-corrected chi connectivity index (χ1v) is 10.9. The van der Waals surface area contributed by atoms with Crippen molar-refractivity contribution < 1.29 is 9.53 Å². The average Bonchev–Trinajstić information content (AvgIpc) is 2.77. The molecule has 0 aliphatic carbocycles. The van der Waals surface area contributed by atoms with E-state index in [0.717, 1.165) is 19.5 Å². The van der Waals surface area contributed by atoms with Crippen molar-refractivity contribution >= 4 is 11.9 Å². The summed E-state index contributed by atoms with van der Waals surface area (Å²) in [6.45, 7) is 6.94. The number of aromatic nitrogens is 2. The Labute approximate surface area is 183 Å². The molecule has 2 aromatic rings. The second-order valence-electron chi connectivity index (χ2n) is 7.98. The van der Waals surface area contributed by atoms with E-state index in [0.29, 0.717) is 56.5 Å². The van der Waals surface area contributed by atoms with Crippen LogP contribution < -0.4 is 15.8 Å². The number of nitrogens with zero attached hydrogens (tertiary/aromatic N) is 3. The Balaban J connectivity index is 1.38. The van der Waals surface area contributed by atoms with Crippen LogP contribution in [-0.4, -0.2) is 67.2 Å². The quantitative estimate of drug-likeness (QED) is 0.559. The lowest BCUT2D eigenvalue weighted by Gasteiger charge is -2.27. The maximum atomic E-state index is 12.5. The molecular weight excluding hydrogens is 394 g/mol. The van der Waals surface area contributed by atoms with Crippen LogP contribution in [0.1, 0.15) is 29.7 Å². The molecule has 0 saturated carbocycles. The van der Waals surface area contributed by atoms with Crippen molar-refractivity contribution in [3.8, 4) is 0 Å². The number of hydrogen-bond acceptors (Lipinski definition) is 6. The molecule has 1 aromatic heterocycles. The number of nitrogens with one attached hydrogen (secondary N) is 2. The molecule has 3 rings (SSSR count). The van der Waals surface area contributed by atoms with Crippen molar-refractivity contribution in [1.82, 2.24) is 20.2 Å². The van der Waals surface area contributed by atoms with Gasteiger partial charge in [0.25, 0.3) is 5.56 Å². The second-order valence-corrected chi connectivity index (χ2v) is 7.98. The number of amides is 1. The lowest BCUT2D eigenvalue weighted by molar-refractivity contribution is -0.121. The van der Waals surface area contributed by atoms with E-state index >= 15 is 0 Å². The summed E-state index contributed by atoms with van der Waals surface area (Å²) >= 11 is 0. The van der Waals surface area contributed by atoms with Gasteiger partial charge in [-0.15, -0.1) is 0 Å². The number of carbonyl (C=O) groups is 1. The Hall–Kier alpha value is -2.71. The third-order valence-electron chi connectivity index (χ3n) is 5.46. The monoisotopic (exact) mass is 427 g/mol. The van der Waals surface area contributed by atoms with Crippen molar-refractivity contribution in [3.63, 3.8) is 0 Å². The molecule has 0 radical (unpaired) electrons. The number of hydrogen-bond donors (Lipinski definition) is 2. The minimum atomic E-state index is -0.163. The van der Waals surface area contributed by atoms with Gasteiger partial charge >= 0.3 is 0 Å². The molecule has 2 N–H and O–H groups in total. The fourth-order valence-corrected chi connectivity index (χ4v) is 3.69. The molecular formula is C23H33N5O3. The standard InChI is InChI=1S/C23H33N5O3/c1-18-20(22(30)26-23(25-18)28-13-15-31-16-14-28)9-10-21(29)24-11-6-12-27(2)17-19-7-4-3-5-8-19/h3-5,7-8H,6,9-17H2,1-2H3,(H,24,29)(H,25,26,30). The van der Waals surface area contributed by atoms with Gasteiger partial charge in [0.05, 0.1) is 13.2 Å². The minimum Gasteiger partial charge on any atom is -0.378 e. The predicted molar refractivity (Wildman–Crippen MR) is 121 cm³/mol. The van der Waals surface area contributed by atoms with E-state index in [9.17, 15) is 9.59 Å². The number of ether oxygens (including phenoxy) is 1. The number of aromatic amines is 1. The van der Waals surface area contributed by atoms with Crippen LogP contribution in [0.15, 0.2) is 35.1 Å². The Morgan fingerprint density at radius 3 is 2.71 bits per heavy atom. The van der Waals surface area contributed by atoms with Crippen molar-refractivity contribution in [2.24, 2.45) is 0 Å². The smallest absolute Gasteiger partial charge is 0.255 e. The molecule has 0 unspecified atom stereocenters. The van der Waals surface area contributed by atoms with E-state index in [4.69, 9.17) is 4.74 Å². The number of morpholine rings is 1. The van der Waals surface area contributed by atoms with Gasteiger partial charge in [0.15, 0.2) is 0 Å². The van der Waals surface area contributed by atoms with Crippen LogP contribution >= 0.6 is 0 Å². The molecule has 168 valence electrons. The van der Waals surface area contributed by atoms with Crippen LogP contribution in [0.4, 0.5) is 5.95 Å². The van der Waals surface area contributed by atoms with E-state index < -0.39 is 0 Å². The van der Waals surface area contributed by atoms with E-state index in [1.165, 1.54) is 5.56 Å². The normalized spacial score (nSPS) is 14.1. The van der Waals surface area contributed by atoms with Crippen molar-refractivity contribution in [2.75, 3.05) is 51.3 Å². The van der Waals surface area contributed by atoms with Crippen LogP contribution in [0.25, 0.3) is 0 Å². The van der Waals surface area contributed by atoms with E-state index in [2.05, 4.69) is 39.4 Å². The molecule has 31 heavy (non-hydrogen) atoms. The fraction of sp³-hybridized carbons (Fsp3) is 0.522.